The molecule has 0 radical (unpaired) electrons. The number of halogens is 14. The molecule has 25 heteroatoms. The standard InChI is InChI=1S/C15H10Cl2F4N2O3.C10H8BrF3O2.C5H3Cl2FN2O.CH3F.K/c16-8-10(22)9(17)13(23-12(8)18)26-11(15(19,20)21)14(24)25-6-7-4-2-1-3-5-7;11-8(10(12,13)14)9(15)16-6-7-4-2-1-3-5-7;6-1-3(9)2(7)5(11)10-4(1)8;1-2;/h1-5,11H,6H2,(H2,22,23);1-5,8H,6H2;(H3,9,10,11);1H3;/q;;;;+1/p-1/i;;;1D;. The molecule has 10 nitrogen and oxygen atoms in total. The second kappa shape index (κ2) is 25.1. The number of alkyl halides is 8. The average Bonchev–Trinajstić information content (AvgIpc) is 3.15. The molecule has 0 aliphatic heterocycles. The molecule has 0 aliphatic carbocycles. The molecule has 56 heavy (non-hydrogen) atoms. The van der Waals surface area contributed by atoms with Gasteiger partial charge in [0.25, 0.3) is 6.10 Å². The van der Waals surface area contributed by atoms with Gasteiger partial charge in [-0.1, -0.05) is 123 Å². The zero-order valence-corrected chi connectivity index (χ0v) is 35.6. The first-order chi connectivity index (χ1) is 26.0. The van der Waals surface area contributed by atoms with Crippen LogP contribution >= 0.6 is 62.3 Å². The first-order valence-corrected chi connectivity index (χ1v) is 16.4. The number of carbonyl (C=O) groups excluding carboxylic acids is 2. The first kappa shape index (κ1) is 51.5. The van der Waals surface area contributed by atoms with E-state index in [0.29, 0.717) is 11.1 Å². The Morgan fingerprint density at radius 2 is 1.16 bits per heavy atom. The summed E-state index contributed by atoms with van der Waals surface area (Å²) in [4.78, 5) is 26.4. The number of carbonyl (C=O) groups is 2. The summed E-state index contributed by atoms with van der Waals surface area (Å²) < 4.78 is 131. The molecule has 4 N–H and O–H groups in total. The number of esters is 2. The van der Waals surface area contributed by atoms with E-state index in [4.69, 9.17) is 59.2 Å². The van der Waals surface area contributed by atoms with Crippen LogP contribution in [0, 0.1) is 11.9 Å². The monoisotopic (exact) mass is 977 g/mol. The van der Waals surface area contributed by atoms with Crippen molar-refractivity contribution in [3.8, 4) is 11.8 Å². The van der Waals surface area contributed by atoms with Crippen molar-refractivity contribution in [2.45, 2.75) is 36.5 Å². The maximum atomic E-state index is 13.5. The van der Waals surface area contributed by atoms with Crippen molar-refractivity contribution in [3.63, 3.8) is 0 Å². The zero-order chi connectivity index (χ0) is 43.0. The van der Waals surface area contributed by atoms with Crippen LogP contribution in [-0.4, -0.2) is 52.3 Å². The van der Waals surface area contributed by atoms with E-state index < -0.39 is 93.4 Å². The van der Waals surface area contributed by atoms with Gasteiger partial charge in [0.15, 0.2) is 0 Å². The number of hydrogen-bond donors (Lipinski definition) is 2. The van der Waals surface area contributed by atoms with Gasteiger partial charge in [-0.25, -0.2) is 9.78 Å². The molecule has 2 unspecified atom stereocenters. The molecule has 2 heterocycles. The smallest absolute Gasteiger partial charge is 0.857 e. The largest absolute Gasteiger partial charge is 1.00 e. The van der Waals surface area contributed by atoms with Gasteiger partial charge in [0.05, 0.1) is 24.9 Å². The molecule has 2 atom stereocenters. The second-order valence-electron chi connectivity index (χ2n) is 9.63. The molecule has 0 saturated carbocycles. The van der Waals surface area contributed by atoms with Crippen LogP contribution in [0.4, 0.5) is 50.9 Å². The van der Waals surface area contributed by atoms with Crippen LogP contribution in [0.3, 0.4) is 0 Å². The van der Waals surface area contributed by atoms with Gasteiger partial charge in [-0.2, -0.15) is 40.1 Å². The van der Waals surface area contributed by atoms with E-state index in [1.54, 1.807) is 60.7 Å². The molecule has 4 rings (SSSR count). The van der Waals surface area contributed by atoms with Gasteiger partial charge < -0.3 is 30.8 Å². The van der Waals surface area contributed by atoms with Crippen molar-refractivity contribution < 1.29 is 121 Å². The third-order valence-electron chi connectivity index (χ3n) is 5.77. The van der Waals surface area contributed by atoms with Gasteiger partial charge in [-0.05, 0) is 11.1 Å². The van der Waals surface area contributed by atoms with Gasteiger partial charge in [0, 0.05) is 5.88 Å². The Morgan fingerprint density at radius 1 is 0.768 bits per heavy atom. The van der Waals surface area contributed by atoms with Crippen LogP contribution in [0.2, 0.25) is 20.1 Å². The van der Waals surface area contributed by atoms with Gasteiger partial charge >= 0.3 is 75.7 Å². The molecule has 0 fully saturated rings. The Morgan fingerprint density at radius 3 is 1.57 bits per heavy atom. The van der Waals surface area contributed by atoms with Gasteiger partial charge in [-0.3, -0.25) is 9.18 Å². The number of ether oxygens (including phenoxy) is 3. The number of aromatic nitrogens is 2. The van der Waals surface area contributed by atoms with Crippen LogP contribution < -0.4 is 72.7 Å². The minimum absolute atomic E-state index is 0. The number of nitrogens with zero attached hydrogens (tertiary/aromatic N) is 2. The molecule has 0 saturated heterocycles. The topological polar surface area (TPSA) is 163 Å². The summed E-state index contributed by atoms with van der Waals surface area (Å²) in [7, 11) is -1.00. The number of benzene rings is 2. The molecular weight excluding hydrogens is 956 g/mol. The van der Waals surface area contributed by atoms with Crippen LogP contribution in [0.15, 0.2) is 60.7 Å². The van der Waals surface area contributed by atoms with E-state index in [0.717, 1.165) is 0 Å². The van der Waals surface area contributed by atoms with Crippen molar-refractivity contribution in [1.29, 1.82) is 0 Å². The molecule has 0 amide bonds. The summed E-state index contributed by atoms with van der Waals surface area (Å²) in [5, 5.41) is 8.47. The summed E-state index contributed by atoms with van der Waals surface area (Å²) in [6.45, 7) is -0.592. The summed E-state index contributed by atoms with van der Waals surface area (Å²) >= 11 is 23.9. The Balaban J connectivity index is 0.000000861. The predicted octanol–water partition coefficient (Wildman–Crippen LogP) is 5.99. The van der Waals surface area contributed by atoms with Crippen molar-refractivity contribution >= 4 is 85.6 Å². The predicted molar refractivity (Wildman–Crippen MR) is 185 cm³/mol. The minimum atomic E-state index is -5.18. The van der Waals surface area contributed by atoms with E-state index in [-0.39, 0.29) is 68.7 Å². The fourth-order valence-electron chi connectivity index (χ4n) is 3.20. The van der Waals surface area contributed by atoms with Crippen molar-refractivity contribution in [2.24, 2.45) is 0 Å². The second-order valence-corrected chi connectivity index (χ2v) is 12.1. The van der Waals surface area contributed by atoms with Crippen LogP contribution in [0.1, 0.15) is 12.5 Å². The van der Waals surface area contributed by atoms with Crippen molar-refractivity contribution in [2.75, 3.05) is 18.6 Å². The SMILES string of the molecule is Nc1c(Cl)c(F)nc(OC(C(=O)OCc2ccccc2)C(F)(F)F)c1Cl.Nc1c(Cl)c([O-])nc(F)c1Cl.O=C(OCc1ccccc1)C(Br)C(F)(F)F.[2H]CF.[K+]. The third-order valence-corrected chi connectivity index (χ3v) is 8.11. The summed E-state index contributed by atoms with van der Waals surface area (Å²) in [6, 6.07) is 16.5. The number of anilines is 2. The minimum Gasteiger partial charge on any atom is -0.857 e. The van der Waals surface area contributed by atoms with Gasteiger partial charge in [-0.15, -0.1) is 0 Å². The summed E-state index contributed by atoms with van der Waals surface area (Å²) in [6.07, 6.45) is -12.9. The zero-order valence-electron chi connectivity index (χ0n) is 28.8. The number of nitrogens with two attached hydrogens (primary N) is 2. The molecule has 0 bridgehead atoms. The van der Waals surface area contributed by atoms with E-state index in [9.17, 15) is 54.2 Å². The van der Waals surface area contributed by atoms with E-state index >= 15 is 0 Å². The molecule has 4 aromatic rings. The van der Waals surface area contributed by atoms with E-state index in [1.807, 2.05) is 0 Å². The summed E-state index contributed by atoms with van der Waals surface area (Å²) in [5.41, 5.74) is 10.7. The Kier molecular flexibility index (Phi) is 23.1. The number of hydrogen-bond acceptors (Lipinski definition) is 10. The quantitative estimate of drug-likeness (QED) is 0.0706. The van der Waals surface area contributed by atoms with Crippen molar-refractivity contribution in [3.05, 3.63) is 104 Å². The third kappa shape index (κ3) is 17.2. The maximum Gasteiger partial charge on any atom is 1.00 e. The molecule has 0 spiro atoms. The van der Waals surface area contributed by atoms with Crippen LogP contribution in [0.5, 0.6) is 11.8 Å². The molecule has 2 aromatic heterocycles. The Labute approximate surface area is 383 Å². The molecular formula is C31H23BrCl4F9KN4O6. The van der Waals surface area contributed by atoms with Gasteiger partial charge in [0.1, 0.15) is 28.3 Å². The van der Waals surface area contributed by atoms with Crippen LogP contribution in [-0.2, 0) is 32.3 Å². The number of pyridine rings is 2. The Hall–Kier alpha value is -2.47. The summed E-state index contributed by atoms with van der Waals surface area (Å²) in [5.74, 6) is -7.54. The first-order valence-electron chi connectivity index (χ1n) is 14.7. The average molecular weight is 980 g/mol. The fraction of sp³-hybridized carbons (Fsp3) is 0.226. The number of rotatable bonds is 8. The Bertz CT molecular complexity index is 1880. The molecule has 302 valence electrons. The van der Waals surface area contributed by atoms with Crippen LogP contribution in [0.25, 0.3) is 0 Å². The number of nitrogen functional groups attached to an aromatic ring is 2. The van der Waals surface area contributed by atoms with Crippen molar-refractivity contribution in [1.82, 2.24) is 9.97 Å². The molecule has 0 aliphatic rings. The van der Waals surface area contributed by atoms with E-state index in [2.05, 4.69) is 40.1 Å². The van der Waals surface area contributed by atoms with E-state index in [1.165, 1.54) is 0 Å². The fourth-order valence-corrected chi connectivity index (χ4v) is 4.02. The molecule has 2 aromatic carbocycles. The maximum absolute atomic E-state index is 13.5. The van der Waals surface area contributed by atoms with Gasteiger partial charge in [0.2, 0.25) is 22.6 Å². The normalized spacial score (nSPS) is 11.9.